The van der Waals surface area contributed by atoms with Gasteiger partial charge in [-0.1, -0.05) is 43.0 Å². The highest BCUT2D eigenvalue weighted by molar-refractivity contribution is 6.06. The van der Waals surface area contributed by atoms with Crippen molar-refractivity contribution in [1.82, 2.24) is 4.98 Å². The molecule has 3 aromatic rings. The highest BCUT2D eigenvalue weighted by Gasteiger charge is 2.15. The molecule has 0 radical (unpaired) electrons. The van der Waals surface area contributed by atoms with Gasteiger partial charge in [-0.15, -0.1) is 0 Å². The molecule has 26 heavy (non-hydrogen) atoms. The van der Waals surface area contributed by atoms with Crippen LogP contribution >= 0.6 is 0 Å². The molecule has 1 aliphatic carbocycles. The monoisotopic (exact) mass is 347 g/mol. The lowest BCUT2D eigenvalue weighted by molar-refractivity contribution is 0.262. The van der Waals surface area contributed by atoms with Crippen LogP contribution in [0.4, 0.5) is 16.2 Å². The summed E-state index contributed by atoms with van der Waals surface area (Å²) in [5.41, 5.74) is 5.18. The molecule has 1 aromatic heterocycles. The summed E-state index contributed by atoms with van der Waals surface area (Å²) in [6.45, 7) is 2.05. The number of urea groups is 1. The molecule has 1 saturated carbocycles. The summed E-state index contributed by atoms with van der Waals surface area (Å²) in [7, 11) is 0. The average Bonchev–Trinajstić information content (AvgIpc) is 3.05. The molecule has 0 saturated heterocycles. The number of fused-ring (bicyclic) bond motifs is 1. The van der Waals surface area contributed by atoms with Crippen LogP contribution in [0.25, 0.3) is 10.9 Å². The first-order valence-corrected chi connectivity index (χ1v) is 9.45. The standard InChI is InChI=1S/C22H25N3O/c1-15-7-12-20-19(13-15)21(14-23-20)25-22(26)24-18-10-8-17(9-11-18)16-5-3-2-4-6-16/h7-14,16,23H,2-6H2,1H3,(H2,24,25,26). The maximum atomic E-state index is 12.4. The van der Waals surface area contributed by atoms with Gasteiger partial charge in [0.2, 0.25) is 0 Å². The minimum Gasteiger partial charge on any atom is -0.359 e. The first kappa shape index (κ1) is 16.7. The molecule has 134 valence electrons. The van der Waals surface area contributed by atoms with E-state index in [0.29, 0.717) is 5.92 Å². The van der Waals surface area contributed by atoms with Gasteiger partial charge in [0.15, 0.2) is 0 Å². The van der Waals surface area contributed by atoms with Crippen molar-refractivity contribution in [3.63, 3.8) is 0 Å². The van der Waals surface area contributed by atoms with Crippen LogP contribution in [0.1, 0.15) is 49.1 Å². The number of carbonyl (C=O) groups excluding carboxylic acids is 1. The van der Waals surface area contributed by atoms with E-state index in [9.17, 15) is 4.79 Å². The van der Waals surface area contributed by atoms with Crippen molar-refractivity contribution in [2.75, 3.05) is 10.6 Å². The molecule has 0 bridgehead atoms. The Morgan fingerprint density at radius 1 is 1.00 bits per heavy atom. The zero-order valence-corrected chi connectivity index (χ0v) is 15.1. The number of H-pyrrole nitrogens is 1. The molecular formula is C22H25N3O. The molecule has 4 nitrogen and oxygen atoms in total. The number of anilines is 2. The summed E-state index contributed by atoms with van der Waals surface area (Å²) in [6, 6.07) is 14.2. The van der Waals surface area contributed by atoms with Gasteiger partial charge in [-0.3, -0.25) is 0 Å². The van der Waals surface area contributed by atoms with Crippen molar-refractivity contribution in [3.8, 4) is 0 Å². The van der Waals surface area contributed by atoms with Crippen LogP contribution in [0, 0.1) is 6.92 Å². The second-order valence-corrected chi connectivity index (χ2v) is 7.29. The van der Waals surface area contributed by atoms with Crippen LogP contribution in [-0.4, -0.2) is 11.0 Å². The molecule has 4 heteroatoms. The van der Waals surface area contributed by atoms with Gasteiger partial charge in [0, 0.05) is 22.8 Å². The Morgan fingerprint density at radius 2 is 1.77 bits per heavy atom. The largest absolute Gasteiger partial charge is 0.359 e. The van der Waals surface area contributed by atoms with Crippen molar-refractivity contribution in [2.45, 2.75) is 44.9 Å². The Morgan fingerprint density at radius 3 is 2.54 bits per heavy atom. The number of aromatic nitrogens is 1. The Hall–Kier alpha value is -2.75. The number of nitrogens with one attached hydrogen (secondary N) is 3. The minimum absolute atomic E-state index is 0.224. The van der Waals surface area contributed by atoms with Crippen molar-refractivity contribution in [1.29, 1.82) is 0 Å². The van der Waals surface area contributed by atoms with E-state index < -0.39 is 0 Å². The topological polar surface area (TPSA) is 56.9 Å². The third-order valence-electron chi connectivity index (χ3n) is 5.33. The Balaban J connectivity index is 1.41. The predicted molar refractivity (Wildman–Crippen MR) is 108 cm³/mol. The number of hydrogen-bond acceptors (Lipinski definition) is 1. The van der Waals surface area contributed by atoms with E-state index in [0.717, 1.165) is 22.3 Å². The highest BCUT2D eigenvalue weighted by Crippen LogP contribution is 2.33. The van der Waals surface area contributed by atoms with Gasteiger partial charge in [0.1, 0.15) is 0 Å². The van der Waals surface area contributed by atoms with Crippen molar-refractivity contribution >= 4 is 28.3 Å². The van der Waals surface area contributed by atoms with Crippen molar-refractivity contribution in [3.05, 3.63) is 59.8 Å². The van der Waals surface area contributed by atoms with E-state index in [1.54, 1.807) is 0 Å². The fraction of sp³-hybridized carbons (Fsp3) is 0.318. The second-order valence-electron chi connectivity index (χ2n) is 7.29. The summed E-state index contributed by atoms with van der Waals surface area (Å²) >= 11 is 0. The highest BCUT2D eigenvalue weighted by atomic mass is 16.2. The fourth-order valence-electron chi connectivity index (χ4n) is 3.90. The zero-order chi connectivity index (χ0) is 17.9. The van der Waals surface area contributed by atoms with Crippen LogP contribution in [0.5, 0.6) is 0 Å². The Labute approximate surface area is 154 Å². The average molecular weight is 347 g/mol. The number of benzene rings is 2. The molecule has 1 aliphatic rings. The van der Waals surface area contributed by atoms with Crippen molar-refractivity contribution < 1.29 is 4.79 Å². The maximum absolute atomic E-state index is 12.4. The maximum Gasteiger partial charge on any atom is 0.323 e. The van der Waals surface area contributed by atoms with E-state index >= 15 is 0 Å². The SMILES string of the molecule is Cc1ccc2[nH]cc(NC(=O)Nc3ccc(C4CCCCC4)cc3)c2c1. The molecular weight excluding hydrogens is 322 g/mol. The molecule has 1 fully saturated rings. The van der Waals surface area contributed by atoms with Crippen LogP contribution < -0.4 is 10.6 Å². The minimum atomic E-state index is -0.224. The van der Waals surface area contributed by atoms with Gasteiger partial charge in [-0.25, -0.2) is 4.79 Å². The summed E-state index contributed by atoms with van der Waals surface area (Å²) in [6.07, 6.45) is 8.42. The molecule has 0 atom stereocenters. The molecule has 2 amide bonds. The quantitative estimate of drug-likeness (QED) is 0.521. The van der Waals surface area contributed by atoms with Gasteiger partial charge in [0.05, 0.1) is 5.69 Å². The lowest BCUT2D eigenvalue weighted by Crippen LogP contribution is -2.19. The lowest BCUT2D eigenvalue weighted by atomic mass is 9.84. The number of hydrogen-bond donors (Lipinski definition) is 3. The van der Waals surface area contributed by atoms with E-state index in [1.165, 1.54) is 43.2 Å². The zero-order valence-electron chi connectivity index (χ0n) is 15.1. The molecule has 4 rings (SSSR count). The summed E-state index contributed by atoms with van der Waals surface area (Å²) in [5, 5.41) is 6.88. The summed E-state index contributed by atoms with van der Waals surface area (Å²) in [5.74, 6) is 0.682. The number of amides is 2. The van der Waals surface area contributed by atoms with Gasteiger partial charge in [0.25, 0.3) is 0 Å². The summed E-state index contributed by atoms with van der Waals surface area (Å²) in [4.78, 5) is 15.5. The summed E-state index contributed by atoms with van der Waals surface area (Å²) < 4.78 is 0. The van der Waals surface area contributed by atoms with Crippen LogP contribution in [-0.2, 0) is 0 Å². The van der Waals surface area contributed by atoms with Gasteiger partial charge in [-0.05, 0) is 55.5 Å². The molecule has 0 spiro atoms. The van der Waals surface area contributed by atoms with Crippen LogP contribution in [0.2, 0.25) is 0 Å². The molecule has 0 aliphatic heterocycles. The number of aromatic amines is 1. The van der Waals surface area contributed by atoms with Crippen LogP contribution in [0.3, 0.4) is 0 Å². The number of carbonyl (C=O) groups is 1. The van der Waals surface area contributed by atoms with Crippen LogP contribution in [0.15, 0.2) is 48.7 Å². The number of rotatable bonds is 3. The van der Waals surface area contributed by atoms with E-state index in [1.807, 2.05) is 31.3 Å². The third-order valence-corrected chi connectivity index (χ3v) is 5.33. The van der Waals surface area contributed by atoms with Gasteiger partial charge >= 0.3 is 6.03 Å². The number of aryl methyl sites for hydroxylation is 1. The molecule has 3 N–H and O–H groups in total. The van der Waals surface area contributed by atoms with E-state index in [4.69, 9.17) is 0 Å². The first-order valence-electron chi connectivity index (χ1n) is 9.45. The first-order chi connectivity index (χ1) is 12.7. The second kappa shape index (κ2) is 7.24. The predicted octanol–water partition coefficient (Wildman–Crippen LogP) is 6.17. The third kappa shape index (κ3) is 3.59. The Bertz CT molecular complexity index is 905. The van der Waals surface area contributed by atoms with Crippen molar-refractivity contribution in [2.24, 2.45) is 0 Å². The molecule has 2 aromatic carbocycles. The van der Waals surface area contributed by atoms with Gasteiger partial charge in [-0.2, -0.15) is 0 Å². The lowest BCUT2D eigenvalue weighted by Gasteiger charge is -2.22. The molecule has 1 heterocycles. The Kier molecular flexibility index (Phi) is 4.65. The normalized spacial score (nSPS) is 15.1. The van der Waals surface area contributed by atoms with Gasteiger partial charge < -0.3 is 15.6 Å². The molecule has 0 unspecified atom stereocenters. The fourth-order valence-corrected chi connectivity index (χ4v) is 3.90. The van der Waals surface area contributed by atoms with E-state index in [-0.39, 0.29) is 6.03 Å². The van der Waals surface area contributed by atoms with E-state index in [2.05, 4.69) is 39.9 Å². The smallest absolute Gasteiger partial charge is 0.323 e.